The molecule has 144 valence electrons. The number of benzene rings is 1. The number of nitro benzene ring substituents is 1. The summed E-state index contributed by atoms with van der Waals surface area (Å²) in [6.45, 7) is 10.4. The maximum Gasteiger partial charge on any atom is 0.269 e. The highest BCUT2D eigenvalue weighted by molar-refractivity contribution is 5.79. The van der Waals surface area contributed by atoms with Gasteiger partial charge in [-0.3, -0.25) is 14.8 Å². The minimum atomic E-state index is -0.408. The fourth-order valence-electron chi connectivity index (χ4n) is 2.57. The molecule has 0 saturated carbocycles. The maximum absolute atomic E-state index is 10.7. The minimum absolute atomic E-state index is 0.0787. The maximum atomic E-state index is 10.7. The molecule has 0 aliphatic carbocycles. The standard InChI is InChI=1S/C19H26N6O2/c1-4-10-20-19(21-11-5-12-24-16(3)13-15(2)23-24)22-14-17-6-8-18(9-7-17)25(26)27/h4,6-9,13H,1,5,10-12,14H2,2-3H3,(H2,20,21,22). The molecule has 0 fully saturated rings. The molecule has 1 aromatic heterocycles. The molecule has 0 bridgehead atoms. The zero-order valence-electron chi connectivity index (χ0n) is 15.8. The molecule has 0 aliphatic heterocycles. The second-order valence-corrected chi connectivity index (χ2v) is 6.19. The van der Waals surface area contributed by atoms with Crippen molar-refractivity contribution in [1.82, 2.24) is 20.4 Å². The first-order chi connectivity index (χ1) is 13.0. The molecule has 2 aromatic rings. The lowest BCUT2D eigenvalue weighted by molar-refractivity contribution is -0.384. The molecule has 1 aromatic carbocycles. The third-order valence-electron chi connectivity index (χ3n) is 3.92. The molecule has 8 nitrogen and oxygen atoms in total. The fraction of sp³-hybridized carbons (Fsp3) is 0.368. The van der Waals surface area contributed by atoms with Crippen LogP contribution in [0.15, 0.2) is 48.0 Å². The van der Waals surface area contributed by atoms with Gasteiger partial charge in [-0.25, -0.2) is 4.99 Å². The van der Waals surface area contributed by atoms with Crippen molar-refractivity contribution in [3.8, 4) is 0 Å². The number of non-ortho nitro benzene ring substituents is 1. The van der Waals surface area contributed by atoms with Gasteiger partial charge >= 0.3 is 0 Å². The van der Waals surface area contributed by atoms with Crippen molar-refractivity contribution in [3.63, 3.8) is 0 Å². The molecule has 0 spiro atoms. The van der Waals surface area contributed by atoms with Crippen LogP contribution in [0, 0.1) is 24.0 Å². The average molecular weight is 370 g/mol. The summed E-state index contributed by atoms with van der Waals surface area (Å²) in [5, 5.41) is 21.6. The van der Waals surface area contributed by atoms with Gasteiger partial charge in [-0.2, -0.15) is 5.10 Å². The second kappa shape index (κ2) is 10.1. The highest BCUT2D eigenvalue weighted by Gasteiger charge is 2.04. The summed E-state index contributed by atoms with van der Waals surface area (Å²) in [5.41, 5.74) is 3.17. The van der Waals surface area contributed by atoms with E-state index in [1.54, 1.807) is 18.2 Å². The van der Waals surface area contributed by atoms with Gasteiger partial charge in [0.25, 0.3) is 5.69 Å². The van der Waals surface area contributed by atoms with Crippen LogP contribution in [0.2, 0.25) is 0 Å². The van der Waals surface area contributed by atoms with E-state index in [1.807, 2.05) is 11.6 Å². The minimum Gasteiger partial charge on any atom is -0.356 e. The van der Waals surface area contributed by atoms with Gasteiger partial charge in [-0.1, -0.05) is 18.2 Å². The van der Waals surface area contributed by atoms with Crippen LogP contribution in [-0.4, -0.2) is 33.8 Å². The number of nitrogens with zero attached hydrogens (tertiary/aromatic N) is 4. The van der Waals surface area contributed by atoms with Gasteiger partial charge in [-0.15, -0.1) is 6.58 Å². The second-order valence-electron chi connectivity index (χ2n) is 6.19. The molecule has 0 radical (unpaired) electrons. The van der Waals surface area contributed by atoms with Crippen molar-refractivity contribution >= 4 is 11.6 Å². The Morgan fingerprint density at radius 1 is 1.33 bits per heavy atom. The van der Waals surface area contributed by atoms with Crippen molar-refractivity contribution in [2.45, 2.75) is 33.4 Å². The Labute approximate surface area is 159 Å². The number of hydrogen-bond acceptors (Lipinski definition) is 4. The quantitative estimate of drug-likeness (QED) is 0.177. The molecule has 8 heteroatoms. The lowest BCUT2D eigenvalue weighted by atomic mass is 10.2. The molecule has 0 amide bonds. The third kappa shape index (κ3) is 6.58. The van der Waals surface area contributed by atoms with Crippen LogP contribution in [0.1, 0.15) is 23.4 Å². The summed E-state index contributed by atoms with van der Waals surface area (Å²) >= 11 is 0. The Kier molecular flexibility index (Phi) is 7.54. The number of hydrogen-bond donors (Lipinski definition) is 2. The van der Waals surface area contributed by atoms with Crippen LogP contribution in [0.5, 0.6) is 0 Å². The van der Waals surface area contributed by atoms with Gasteiger partial charge in [0, 0.05) is 37.5 Å². The van der Waals surface area contributed by atoms with Gasteiger partial charge in [0.15, 0.2) is 5.96 Å². The van der Waals surface area contributed by atoms with Crippen LogP contribution in [0.4, 0.5) is 5.69 Å². The summed E-state index contributed by atoms with van der Waals surface area (Å²) in [6.07, 6.45) is 2.67. The normalized spacial score (nSPS) is 11.3. The van der Waals surface area contributed by atoms with E-state index >= 15 is 0 Å². The number of aryl methyl sites for hydroxylation is 3. The average Bonchev–Trinajstić information content (AvgIpc) is 2.97. The zero-order chi connectivity index (χ0) is 19.6. The highest BCUT2D eigenvalue weighted by Crippen LogP contribution is 2.12. The Morgan fingerprint density at radius 2 is 2.07 bits per heavy atom. The van der Waals surface area contributed by atoms with E-state index in [9.17, 15) is 10.1 Å². The number of nitrogens with one attached hydrogen (secondary N) is 2. The first kappa shape index (κ1) is 20.2. The van der Waals surface area contributed by atoms with Crippen molar-refractivity contribution < 1.29 is 4.92 Å². The number of aliphatic imine (C=N–C) groups is 1. The van der Waals surface area contributed by atoms with E-state index in [-0.39, 0.29) is 5.69 Å². The molecule has 2 rings (SSSR count). The van der Waals surface area contributed by atoms with E-state index in [4.69, 9.17) is 0 Å². The van der Waals surface area contributed by atoms with E-state index < -0.39 is 4.92 Å². The monoisotopic (exact) mass is 370 g/mol. The lowest BCUT2D eigenvalue weighted by Crippen LogP contribution is -2.38. The van der Waals surface area contributed by atoms with Crippen molar-refractivity contribution in [2.24, 2.45) is 4.99 Å². The number of guanidine groups is 1. The smallest absolute Gasteiger partial charge is 0.269 e. The summed E-state index contributed by atoms with van der Waals surface area (Å²) in [4.78, 5) is 14.8. The van der Waals surface area contributed by atoms with Crippen molar-refractivity contribution in [1.29, 1.82) is 0 Å². The molecular formula is C19H26N6O2. The number of nitro groups is 1. The van der Waals surface area contributed by atoms with Crippen LogP contribution < -0.4 is 10.6 Å². The van der Waals surface area contributed by atoms with Crippen LogP contribution in [0.3, 0.4) is 0 Å². The van der Waals surface area contributed by atoms with Crippen molar-refractivity contribution in [3.05, 3.63) is 70.1 Å². The zero-order valence-corrected chi connectivity index (χ0v) is 15.8. The van der Waals surface area contributed by atoms with E-state index in [0.29, 0.717) is 19.0 Å². The number of rotatable bonds is 9. The van der Waals surface area contributed by atoms with Crippen molar-refractivity contribution in [2.75, 3.05) is 13.1 Å². The van der Waals surface area contributed by atoms with Crippen LogP contribution in [0.25, 0.3) is 0 Å². The van der Waals surface area contributed by atoms with Gasteiger partial charge in [0.2, 0.25) is 0 Å². The summed E-state index contributed by atoms with van der Waals surface area (Å²) in [6, 6.07) is 8.48. The predicted molar refractivity (Wildman–Crippen MR) is 107 cm³/mol. The first-order valence-corrected chi connectivity index (χ1v) is 8.87. The van der Waals surface area contributed by atoms with Crippen LogP contribution >= 0.6 is 0 Å². The van der Waals surface area contributed by atoms with Gasteiger partial charge < -0.3 is 10.6 Å². The molecule has 0 atom stereocenters. The Morgan fingerprint density at radius 3 is 2.67 bits per heavy atom. The number of aromatic nitrogens is 2. The summed E-state index contributed by atoms with van der Waals surface area (Å²) < 4.78 is 2.00. The van der Waals surface area contributed by atoms with Gasteiger partial charge in [-0.05, 0) is 31.9 Å². The summed E-state index contributed by atoms with van der Waals surface area (Å²) in [5.74, 6) is 0.682. The summed E-state index contributed by atoms with van der Waals surface area (Å²) in [7, 11) is 0. The van der Waals surface area contributed by atoms with E-state index in [2.05, 4.69) is 40.3 Å². The molecule has 0 unspecified atom stereocenters. The SMILES string of the molecule is C=CCNC(=NCc1ccc([N+](=O)[O-])cc1)NCCCn1nc(C)cc1C. The third-order valence-corrected chi connectivity index (χ3v) is 3.92. The fourth-order valence-corrected chi connectivity index (χ4v) is 2.57. The Balaban J connectivity index is 1.87. The molecule has 0 saturated heterocycles. The van der Waals surface area contributed by atoms with Gasteiger partial charge in [0.1, 0.15) is 0 Å². The molecule has 2 N–H and O–H groups in total. The topological polar surface area (TPSA) is 97.4 Å². The molecule has 0 aliphatic rings. The first-order valence-electron chi connectivity index (χ1n) is 8.87. The Bertz CT molecular complexity index is 795. The molecule has 27 heavy (non-hydrogen) atoms. The van der Waals surface area contributed by atoms with Crippen LogP contribution in [-0.2, 0) is 13.1 Å². The highest BCUT2D eigenvalue weighted by atomic mass is 16.6. The molecule has 1 heterocycles. The molecular weight excluding hydrogens is 344 g/mol. The van der Waals surface area contributed by atoms with E-state index in [0.717, 1.165) is 36.5 Å². The van der Waals surface area contributed by atoms with Gasteiger partial charge in [0.05, 0.1) is 17.2 Å². The predicted octanol–water partition coefficient (Wildman–Crippen LogP) is 2.72. The Hall–Kier alpha value is -3.16. The lowest BCUT2D eigenvalue weighted by Gasteiger charge is -2.12. The van der Waals surface area contributed by atoms with E-state index in [1.165, 1.54) is 12.1 Å². The largest absolute Gasteiger partial charge is 0.356 e.